The quantitative estimate of drug-likeness (QED) is 0.445. The van der Waals surface area contributed by atoms with Gasteiger partial charge in [-0.25, -0.2) is 4.79 Å². The SMILES string of the molecule is C=CC(=O)OCCCC.C=Cc1ccncc1. The minimum absolute atomic E-state index is 0.330. The number of carbonyl (C=O) groups excluding carboxylic acids is 1. The van der Waals surface area contributed by atoms with E-state index in [0.29, 0.717) is 6.61 Å². The molecular formula is C14H19NO2. The molecule has 0 aliphatic heterocycles. The largest absolute Gasteiger partial charge is 0.463 e. The fourth-order valence-electron chi connectivity index (χ4n) is 0.876. The first-order chi connectivity index (χ1) is 8.24. The predicted molar refractivity (Wildman–Crippen MR) is 70.4 cm³/mol. The molecule has 0 atom stereocenters. The van der Waals surface area contributed by atoms with Gasteiger partial charge in [-0.2, -0.15) is 0 Å². The van der Waals surface area contributed by atoms with Gasteiger partial charge >= 0.3 is 5.97 Å². The number of hydrogen-bond acceptors (Lipinski definition) is 3. The monoisotopic (exact) mass is 233 g/mol. The van der Waals surface area contributed by atoms with E-state index in [0.717, 1.165) is 18.4 Å². The number of esters is 1. The number of pyridine rings is 1. The molecule has 0 amide bonds. The predicted octanol–water partition coefficient (Wildman–Crippen LogP) is 3.24. The summed E-state index contributed by atoms with van der Waals surface area (Å²) in [6.45, 7) is 9.43. The maximum Gasteiger partial charge on any atom is 0.330 e. The van der Waals surface area contributed by atoms with Crippen LogP contribution in [0.15, 0.2) is 43.8 Å². The Labute approximate surface area is 103 Å². The van der Waals surface area contributed by atoms with E-state index >= 15 is 0 Å². The van der Waals surface area contributed by atoms with Gasteiger partial charge in [0.25, 0.3) is 0 Å². The zero-order valence-corrected chi connectivity index (χ0v) is 10.3. The molecular weight excluding hydrogens is 214 g/mol. The van der Waals surface area contributed by atoms with E-state index in [1.165, 1.54) is 6.08 Å². The van der Waals surface area contributed by atoms with Crippen molar-refractivity contribution < 1.29 is 9.53 Å². The second kappa shape index (κ2) is 10.6. The second-order valence-electron chi connectivity index (χ2n) is 3.21. The number of nitrogens with zero attached hydrogens (tertiary/aromatic N) is 1. The summed E-state index contributed by atoms with van der Waals surface area (Å²) in [5, 5.41) is 0. The van der Waals surface area contributed by atoms with Crippen molar-refractivity contribution in [3.05, 3.63) is 49.3 Å². The molecule has 0 aliphatic rings. The zero-order valence-electron chi connectivity index (χ0n) is 10.3. The molecule has 1 heterocycles. The Morgan fingerprint density at radius 2 is 2.06 bits per heavy atom. The summed E-state index contributed by atoms with van der Waals surface area (Å²) in [6, 6.07) is 3.82. The highest BCUT2D eigenvalue weighted by atomic mass is 16.5. The van der Waals surface area contributed by atoms with Crippen LogP contribution in [0, 0.1) is 0 Å². The number of carbonyl (C=O) groups is 1. The van der Waals surface area contributed by atoms with Crippen LogP contribution in [-0.4, -0.2) is 17.6 Å². The van der Waals surface area contributed by atoms with Gasteiger partial charge in [0.05, 0.1) is 6.61 Å². The van der Waals surface area contributed by atoms with Crippen LogP contribution in [-0.2, 0) is 9.53 Å². The zero-order chi connectivity index (χ0) is 12.9. The Morgan fingerprint density at radius 1 is 1.41 bits per heavy atom. The second-order valence-corrected chi connectivity index (χ2v) is 3.21. The molecule has 0 aliphatic carbocycles. The Hall–Kier alpha value is -1.90. The first kappa shape index (κ1) is 15.1. The van der Waals surface area contributed by atoms with Crippen molar-refractivity contribution >= 4 is 12.0 Å². The van der Waals surface area contributed by atoms with Gasteiger partial charge in [0, 0.05) is 18.5 Å². The topological polar surface area (TPSA) is 39.2 Å². The lowest BCUT2D eigenvalue weighted by molar-refractivity contribution is -0.137. The van der Waals surface area contributed by atoms with Gasteiger partial charge in [-0.3, -0.25) is 4.98 Å². The molecule has 17 heavy (non-hydrogen) atoms. The van der Waals surface area contributed by atoms with Crippen LogP contribution in [0.4, 0.5) is 0 Å². The van der Waals surface area contributed by atoms with Crippen LogP contribution < -0.4 is 0 Å². The third-order valence-corrected chi connectivity index (χ3v) is 1.85. The first-order valence-electron chi connectivity index (χ1n) is 5.56. The summed E-state index contributed by atoms with van der Waals surface area (Å²) < 4.78 is 4.67. The smallest absolute Gasteiger partial charge is 0.330 e. The van der Waals surface area contributed by atoms with E-state index in [1.54, 1.807) is 18.5 Å². The molecule has 0 saturated heterocycles. The molecule has 1 aromatic rings. The summed E-state index contributed by atoms with van der Waals surface area (Å²) in [5.41, 5.74) is 1.11. The number of rotatable bonds is 5. The molecule has 0 fully saturated rings. The maximum absolute atomic E-state index is 10.3. The minimum Gasteiger partial charge on any atom is -0.463 e. The van der Waals surface area contributed by atoms with Gasteiger partial charge in [0.15, 0.2) is 0 Å². The number of aromatic nitrogens is 1. The van der Waals surface area contributed by atoms with Crippen molar-refractivity contribution in [1.29, 1.82) is 0 Å². The molecule has 0 saturated carbocycles. The molecule has 0 aromatic carbocycles. The number of hydrogen-bond donors (Lipinski definition) is 0. The van der Waals surface area contributed by atoms with E-state index in [-0.39, 0.29) is 5.97 Å². The van der Waals surface area contributed by atoms with Gasteiger partial charge in [-0.1, -0.05) is 32.6 Å². The third-order valence-electron chi connectivity index (χ3n) is 1.85. The highest BCUT2D eigenvalue weighted by Gasteiger charge is 1.91. The molecule has 92 valence electrons. The fourth-order valence-corrected chi connectivity index (χ4v) is 0.876. The summed E-state index contributed by atoms with van der Waals surface area (Å²) in [5.74, 6) is -0.330. The van der Waals surface area contributed by atoms with Gasteiger partial charge in [-0.05, 0) is 24.1 Å². The molecule has 0 bridgehead atoms. The van der Waals surface area contributed by atoms with Crippen molar-refractivity contribution in [2.24, 2.45) is 0 Å². The maximum atomic E-state index is 10.3. The number of unbranched alkanes of at least 4 members (excludes halogenated alkanes) is 1. The van der Waals surface area contributed by atoms with Gasteiger partial charge in [-0.15, -0.1) is 0 Å². The Bertz CT molecular complexity index is 333. The normalized spacial score (nSPS) is 8.53. The molecule has 0 spiro atoms. The van der Waals surface area contributed by atoms with Crippen LogP contribution >= 0.6 is 0 Å². The van der Waals surface area contributed by atoms with Crippen molar-refractivity contribution in [3.8, 4) is 0 Å². The average molecular weight is 233 g/mol. The van der Waals surface area contributed by atoms with Crippen molar-refractivity contribution in [1.82, 2.24) is 4.98 Å². The Kier molecular flexibility index (Phi) is 9.43. The summed E-state index contributed by atoms with van der Waals surface area (Å²) in [7, 11) is 0. The van der Waals surface area contributed by atoms with E-state index in [4.69, 9.17) is 0 Å². The van der Waals surface area contributed by atoms with Gasteiger partial charge in [0.1, 0.15) is 0 Å². The van der Waals surface area contributed by atoms with E-state index < -0.39 is 0 Å². The summed E-state index contributed by atoms with van der Waals surface area (Å²) >= 11 is 0. The molecule has 0 N–H and O–H groups in total. The lowest BCUT2D eigenvalue weighted by Crippen LogP contribution is -2.00. The van der Waals surface area contributed by atoms with Gasteiger partial charge in [0.2, 0.25) is 0 Å². The van der Waals surface area contributed by atoms with Crippen molar-refractivity contribution in [3.63, 3.8) is 0 Å². The van der Waals surface area contributed by atoms with E-state index in [9.17, 15) is 4.79 Å². The van der Waals surface area contributed by atoms with Crippen LogP contribution in [0.3, 0.4) is 0 Å². The van der Waals surface area contributed by atoms with Crippen molar-refractivity contribution in [2.75, 3.05) is 6.61 Å². The summed E-state index contributed by atoms with van der Waals surface area (Å²) in [4.78, 5) is 14.2. The first-order valence-corrected chi connectivity index (χ1v) is 5.56. The molecule has 3 heteroatoms. The molecule has 3 nitrogen and oxygen atoms in total. The van der Waals surface area contributed by atoms with Crippen LogP contribution in [0.1, 0.15) is 25.3 Å². The lowest BCUT2D eigenvalue weighted by atomic mass is 10.3. The van der Waals surface area contributed by atoms with Crippen LogP contribution in [0.25, 0.3) is 6.08 Å². The molecule has 0 unspecified atom stereocenters. The minimum atomic E-state index is -0.330. The van der Waals surface area contributed by atoms with Crippen molar-refractivity contribution in [2.45, 2.75) is 19.8 Å². The van der Waals surface area contributed by atoms with E-state index in [2.05, 4.69) is 22.9 Å². The Balaban J connectivity index is 0.000000302. The summed E-state index contributed by atoms with van der Waals surface area (Å²) in [6.07, 6.45) is 8.44. The highest BCUT2D eigenvalue weighted by Crippen LogP contribution is 1.95. The molecule has 0 radical (unpaired) electrons. The highest BCUT2D eigenvalue weighted by molar-refractivity contribution is 5.81. The van der Waals surface area contributed by atoms with Crippen LogP contribution in [0.5, 0.6) is 0 Å². The molecule has 1 aromatic heterocycles. The average Bonchev–Trinajstić information content (AvgIpc) is 2.40. The Morgan fingerprint density at radius 3 is 2.47 bits per heavy atom. The van der Waals surface area contributed by atoms with Gasteiger partial charge < -0.3 is 4.74 Å². The van der Waals surface area contributed by atoms with Crippen LogP contribution in [0.2, 0.25) is 0 Å². The third kappa shape index (κ3) is 9.05. The lowest BCUT2D eigenvalue weighted by Gasteiger charge is -1.97. The van der Waals surface area contributed by atoms with E-state index in [1.807, 2.05) is 19.1 Å². The number of ether oxygens (including phenoxy) is 1. The standard InChI is InChI=1S/C7H7N.C7H12O2/c1-2-7-3-5-8-6-4-7;1-3-5-6-9-7(8)4-2/h2-6H,1H2;4H,2-3,5-6H2,1H3. The molecule has 1 rings (SSSR count). The fraction of sp³-hybridized carbons (Fsp3) is 0.286.